The van der Waals surface area contributed by atoms with Crippen molar-refractivity contribution < 1.29 is 4.79 Å². The molecule has 0 amide bonds. The standard InChI is InChI=1S/C7H4N2OS/c10-3-5-1-2-6-7(9-5)8-4-11-6/h1-4H. The molecule has 2 heterocycles. The number of aromatic nitrogens is 2. The minimum atomic E-state index is 0.434. The van der Waals surface area contributed by atoms with Gasteiger partial charge in [0.2, 0.25) is 0 Å². The van der Waals surface area contributed by atoms with Crippen LogP contribution < -0.4 is 0 Å². The zero-order valence-corrected chi connectivity index (χ0v) is 6.34. The number of thiazole rings is 1. The highest BCUT2D eigenvalue weighted by Crippen LogP contribution is 2.14. The second-order valence-electron chi connectivity index (χ2n) is 2.03. The molecule has 0 saturated carbocycles. The number of hydrogen-bond donors (Lipinski definition) is 0. The van der Waals surface area contributed by atoms with E-state index in [4.69, 9.17) is 0 Å². The van der Waals surface area contributed by atoms with E-state index in [-0.39, 0.29) is 0 Å². The van der Waals surface area contributed by atoms with E-state index in [1.54, 1.807) is 11.6 Å². The Bertz CT molecular complexity index is 396. The summed E-state index contributed by atoms with van der Waals surface area (Å²) in [5.74, 6) is 0. The monoisotopic (exact) mass is 164 g/mol. The minimum absolute atomic E-state index is 0.434. The van der Waals surface area contributed by atoms with Crippen LogP contribution in [0.15, 0.2) is 17.6 Å². The van der Waals surface area contributed by atoms with Gasteiger partial charge in [0.05, 0.1) is 10.2 Å². The number of carbonyl (C=O) groups excluding carboxylic acids is 1. The maximum atomic E-state index is 10.3. The minimum Gasteiger partial charge on any atom is -0.296 e. The Morgan fingerprint density at radius 3 is 3.18 bits per heavy atom. The summed E-state index contributed by atoms with van der Waals surface area (Å²) in [7, 11) is 0. The fraction of sp³-hybridized carbons (Fsp3) is 0. The Labute approximate surface area is 66.7 Å². The average Bonchev–Trinajstić information content (AvgIpc) is 2.50. The molecule has 0 radical (unpaired) electrons. The van der Waals surface area contributed by atoms with Crippen molar-refractivity contribution in [3.8, 4) is 0 Å². The highest BCUT2D eigenvalue weighted by atomic mass is 32.1. The molecule has 0 bridgehead atoms. The predicted octanol–water partition coefficient (Wildman–Crippen LogP) is 1.50. The Morgan fingerprint density at radius 1 is 1.45 bits per heavy atom. The lowest BCUT2D eigenvalue weighted by atomic mass is 10.4. The van der Waals surface area contributed by atoms with Crippen LogP contribution in [0.2, 0.25) is 0 Å². The normalized spacial score (nSPS) is 10.2. The Hall–Kier alpha value is -1.29. The van der Waals surface area contributed by atoms with Gasteiger partial charge in [0, 0.05) is 0 Å². The molecule has 0 fully saturated rings. The second kappa shape index (κ2) is 2.39. The molecule has 2 aromatic heterocycles. The Morgan fingerprint density at radius 2 is 2.36 bits per heavy atom. The number of fused-ring (bicyclic) bond motifs is 1. The third-order valence-electron chi connectivity index (χ3n) is 1.34. The molecule has 0 aliphatic rings. The maximum absolute atomic E-state index is 10.3. The van der Waals surface area contributed by atoms with Crippen molar-refractivity contribution in [1.29, 1.82) is 0 Å². The van der Waals surface area contributed by atoms with Crippen LogP contribution in [0.3, 0.4) is 0 Å². The van der Waals surface area contributed by atoms with Crippen molar-refractivity contribution in [1.82, 2.24) is 9.97 Å². The van der Waals surface area contributed by atoms with Crippen LogP contribution in [0.5, 0.6) is 0 Å². The molecule has 54 valence electrons. The number of aldehydes is 1. The molecule has 0 saturated heterocycles. The van der Waals surface area contributed by atoms with Crippen molar-refractivity contribution in [2.45, 2.75) is 0 Å². The van der Waals surface area contributed by atoms with E-state index in [0.29, 0.717) is 11.3 Å². The third-order valence-corrected chi connectivity index (χ3v) is 2.12. The van der Waals surface area contributed by atoms with Gasteiger partial charge in [-0.15, -0.1) is 11.3 Å². The van der Waals surface area contributed by atoms with Crippen LogP contribution >= 0.6 is 11.3 Å². The first-order valence-corrected chi connectivity index (χ1v) is 3.93. The van der Waals surface area contributed by atoms with Gasteiger partial charge < -0.3 is 0 Å². The SMILES string of the molecule is O=Cc1ccc2scnc2n1. The van der Waals surface area contributed by atoms with Gasteiger partial charge in [-0.3, -0.25) is 4.79 Å². The highest BCUT2D eigenvalue weighted by molar-refractivity contribution is 7.16. The first-order valence-electron chi connectivity index (χ1n) is 3.05. The van der Waals surface area contributed by atoms with E-state index < -0.39 is 0 Å². The van der Waals surface area contributed by atoms with E-state index in [1.807, 2.05) is 6.07 Å². The second-order valence-corrected chi connectivity index (χ2v) is 2.91. The molecule has 11 heavy (non-hydrogen) atoms. The maximum Gasteiger partial charge on any atom is 0.170 e. The van der Waals surface area contributed by atoms with Gasteiger partial charge in [-0.05, 0) is 12.1 Å². The number of carbonyl (C=O) groups is 1. The lowest BCUT2D eigenvalue weighted by Crippen LogP contribution is -1.84. The number of pyridine rings is 1. The van der Waals surface area contributed by atoms with E-state index in [1.165, 1.54) is 11.3 Å². The van der Waals surface area contributed by atoms with Crippen LogP contribution in [-0.4, -0.2) is 16.3 Å². The summed E-state index contributed by atoms with van der Waals surface area (Å²) in [6, 6.07) is 3.54. The number of rotatable bonds is 1. The summed E-state index contributed by atoms with van der Waals surface area (Å²) >= 11 is 1.52. The summed E-state index contributed by atoms with van der Waals surface area (Å²) in [5.41, 5.74) is 2.80. The summed E-state index contributed by atoms with van der Waals surface area (Å²) in [5, 5.41) is 0. The molecule has 0 N–H and O–H groups in total. The molecular weight excluding hydrogens is 160 g/mol. The van der Waals surface area contributed by atoms with E-state index in [9.17, 15) is 4.79 Å². The molecule has 3 nitrogen and oxygen atoms in total. The molecule has 0 aliphatic carbocycles. The van der Waals surface area contributed by atoms with E-state index >= 15 is 0 Å². The van der Waals surface area contributed by atoms with Crippen molar-refractivity contribution in [3.05, 3.63) is 23.3 Å². The molecule has 0 unspecified atom stereocenters. The number of nitrogens with zero attached hydrogens (tertiary/aromatic N) is 2. The largest absolute Gasteiger partial charge is 0.296 e. The fourth-order valence-electron chi connectivity index (χ4n) is 0.833. The zero-order chi connectivity index (χ0) is 7.68. The molecule has 0 spiro atoms. The van der Waals surface area contributed by atoms with Gasteiger partial charge in [-0.25, -0.2) is 9.97 Å². The molecule has 2 rings (SSSR count). The molecular formula is C7H4N2OS. The molecule has 2 aromatic rings. The van der Waals surface area contributed by atoms with Crippen LogP contribution in [-0.2, 0) is 0 Å². The van der Waals surface area contributed by atoms with Crippen LogP contribution in [0.4, 0.5) is 0 Å². The lowest BCUT2D eigenvalue weighted by molar-refractivity contribution is 0.111. The third kappa shape index (κ3) is 1.01. The van der Waals surface area contributed by atoms with E-state index in [2.05, 4.69) is 9.97 Å². The Kier molecular flexibility index (Phi) is 1.40. The van der Waals surface area contributed by atoms with Crippen LogP contribution in [0.25, 0.3) is 10.3 Å². The van der Waals surface area contributed by atoms with Crippen molar-refractivity contribution in [3.63, 3.8) is 0 Å². The lowest BCUT2D eigenvalue weighted by Gasteiger charge is -1.87. The van der Waals surface area contributed by atoms with Crippen molar-refractivity contribution in [2.24, 2.45) is 0 Å². The van der Waals surface area contributed by atoms with Gasteiger partial charge in [0.15, 0.2) is 11.9 Å². The van der Waals surface area contributed by atoms with Crippen LogP contribution in [0.1, 0.15) is 10.5 Å². The fourth-order valence-corrected chi connectivity index (χ4v) is 1.45. The van der Waals surface area contributed by atoms with E-state index in [0.717, 1.165) is 11.0 Å². The number of hydrogen-bond acceptors (Lipinski definition) is 4. The Balaban J connectivity index is 2.76. The quantitative estimate of drug-likeness (QED) is 0.600. The first kappa shape index (κ1) is 6.42. The summed E-state index contributed by atoms with van der Waals surface area (Å²) in [6.07, 6.45) is 0.721. The zero-order valence-electron chi connectivity index (χ0n) is 5.52. The summed E-state index contributed by atoms with van der Waals surface area (Å²) < 4.78 is 1.01. The molecule has 4 heteroatoms. The van der Waals surface area contributed by atoms with Gasteiger partial charge in [-0.1, -0.05) is 0 Å². The summed E-state index contributed by atoms with van der Waals surface area (Å²) in [6.45, 7) is 0. The predicted molar refractivity (Wildman–Crippen MR) is 42.8 cm³/mol. The van der Waals surface area contributed by atoms with Gasteiger partial charge in [-0.2, -0.15) is 0 Å². The smallest absolute Gasteiger partial charge is 0.170 e. The van der Waals surface area contributed by atoms with Crippen molar-refractivity contribution >= 4 is 28.0 Å². The van der Waals surface area contributed by atoms with Gasteiger partial charge >= 0.3 is 0 Å². The topological polar surface area (TPSA) is 42.9 Å². The van der Waals surface area contributed by atoms with Crippen LogP contribution in [0, 0.1) is 0 Å². The highest BCUT2D eigenvalue weighted by Gasteiger charge is 1.97. The molecule has 0 atom stereocenters. The van der Waals surface area contributed by atoms with Crippen molar-refractivity contribution in [2.75, 3.05) is 0 Å². The van der Waals surface area contributed by atoms with Gasteiger partial charge in [0.1, 0.15) is 5.69 Å². The average molecular weight is 164 g/mol. The van der Waals surface area contributed by atoms with Gasteiger partial charge in [0.25, 0.3) is 0 Å². The molecule has 0 aromatic carbocycles. The first-order chi connectivity index (χ1) is 5.40. The molecule has 0 aliphatic heterocycles. The summed E-state index contributed by atoms with van der Waals surface area (Å²) in [4.78, 5) is 18.2.